The van der Waals surface area contributed by atoms with E-state index in [0.717, 1.165) is 47.0 Å². The molecule has 4 nitrogen and oxygen atoms in total. The summed E-state index contributed by atoms with van der Waals surface area (Å²) in [6, 6.07) is 13.9. The third-order valence-corrected chi connectivity index (χ3v) is 5.46. The van der Waals surface area contributed by atoms with Crippen molar-refractivity contribution in [3.05, 3.63) is 58.6 Å². The van der Waals surface area contributed by atoms with E-state index in [2.05, 4.69) is 6.07 Å². The average molecular weight is 372 g/mol. The van der Waals surface area contributed by atoms with Crippen LogP contribution in [0.25, 0.3) is 0 Å². The standard InChI is InChI=1S/C21H22ClNO3/c22-17-5-2-1-4-15(17)8-10-21(24)23-11-3-6-18(23)16-7-9-19-20(14-16)26-13-12-25-19/h1-2,4-5,7,9,14,18H,3,6,8,10-13H2/t18-/m0/s1. The Balaban J connectivity index is 1.46. The van der Waals surface area contributed by atoms with Gasteiger partial charge >= 0.3 is 0 Å². The molecule has 1 atom stereocenters. The minimum atomic E-state index is 0.115. The van der Waals surface area contributed by atoms with Gasteiger partial charge in [0.25, 0.3) is 0 Å². The van der Waals surface area contributed by atoms with Gasteiger partial charge in [-0.15, -0.1) is 0 Å². The maximum absolute atomic E-state index is 12.8. The molecule has 4 rings (SSSR count). The molecule has 0 spiro atoms. The van der Waals surface area contributed by atoms with Gasteiger partial charge in [0.05, 0.1) is 6.04 Å². The first-order valence-electron chi connectivity index (χ1n) is 9.15. The van der Waals surface area contributed by atoms with Gasteiger partial charge in [0.1, 0.15) is 13.2 Å². The Morgan fingerprint density at radius 2 is 1.92 bits per heavy atom. The molecule has 1 fully saturated rings. The van der Waals surface area contributed by atoms with Crippen LogP contribution in [0.4, 0.5) is 0 Å². The number of nitrogens with zero attached hydrogens (tertiary/aromatic N) is 1. The van der Waals surface area contributed by atoms with Crippen molar-refractivity contribution < 1.29 is 14.3 Å². The normalized spacial score (nSPS) is 18.8. The number of hydrogen-bond acceptors (Lipinski definition) is 3. The summed E-state index contributed by atoms with van der Waals surface area (Å²) in [5.74, 6) is 1.75. The lowest BCUT2D eigenvalue weighted by Crippen LogP contribution is -2.30. The van der Waals surface area contributed by atoms with Crippen molar-refractivity contribution in [3.63, 3.8) is 0 Å². The molecule has 2 aromatic carbocycles. The molecule has 0 unspecified atom stereocenters. The summed E-state index contributed by atoms with van der Waals surface area (Å²) in [6.07, 6.45) is 3.15. The lowest BCUT2D eigenvalue weighted by Gasteiger charge is -2.27. The van der Waals surface area contributed by atoms with Crippen LogP contribution in [0.1, 0.15) is 36.4 Å². The molecule has 1 saturated heterocycles. The molecule has 0 aliphatic carbocycles. The molecule has 0 bridgehead atoms. The number of amides is 1. The molecule has 0 saturated carbocycles. The first-order valence-corrected chi connectivity index (χ1v) is 9.52. The Hall–Kier alpha value is -2.20. The van der Waals surface area contributed by atoms with Crippen molar-refractivity contribution >= 4 is 17.5 Å². The molecule has 2 heterocycles. The summed E-state index contributed by atoms with van der Waals surface area (Å²) in [5.41, 5.74) is 2.15. The van der Waals surface area contributed by atoms with E-state index in [1.165, 1.54) is 0 Å². The van der Waals surface area contributed by atoms with E-state index in [1.807, 2.05) is 41.3 Å². The largest absolute Gasteiger partial charge is 0.486 e. The fourth-order valence-corrected chi connectivity index (χ4v) is 4.00. The second-order valence-corrected chi connectivity index (χ2v) is 7.15. The van der Waals surface area contributed by atoms with E-state index < -0.39 is 0 Å². The number of rotatable bonds is 4. The van der Waals surface area contributed by atoms with Gasteiger partial charge in [0, 0.05) is 18.0 Å². The van der Waals surface area contributed by atoms with E-state index in [1.54, 1.807) is 0 Å². The average Bonchev–Trinajstić information content (AvgIpc) is 3.17. The monoisotopic (exact) mass is 371 g/mol. The van der Waals surface area contributed by atoms with Gasteiger partial charge in [-0.25, -0.2) is 0 Å². The maximum Gasteiger partial charge on any atom is 0.223 e. The van der Waals surface area contributed by atoms with Crippen LogP contribution in [-0.4, -0.2) is 30.6 Å². The third kappa shape index (κ3) is 3.51. The van der Waals surface area contributed by atoms with Crippen LogP contribution < -0.4 is 9.47 Å². The molecule has 1 amide bonds. The van der Waals surface area contributed by atoms with Crippen LogP contribution in [0.5, 0.6) is 11.5 Å². The first kappa shape index (κ1) is 17.2. The molecule has 2 aliphatic heterocycles. The van der Waals surface area contributed by atoms with Gasteiger partial charge in [-0.3, -0.25) is 4.79 Å². The van der Waals surface area contributed by atoms with Gasteiger partial charge in [-0.2, -0.15) is 0 Å². The Labute approximate surface area is 158 Å². The van der Waals surface area contributed by atoms with Crippen molar-refractivity contribution in [2.24, 2.45) is 0 Å². The highest BCUT2D eigenvalue weighted by Crippen LogP contribution is 2.38. The summed E-state index contributed by atoms with van der Waals surface area (Å²) in [5, 5.41) is 0.727. The predicted molar refractivity (Wildman–Crippen MR) is 101 cm³/mol. The number of likely N-dealkylation sites (tertiary alicyclic amines) is 1. The number of carbonyl (C=O) groups is 1. The van der Waals surface area contributed by atoms with E-state index in [0.29, 0.717) is 26.1 Å². The summed E-state index contributed by atoms with van der Waals surface area (Å²) >= 11 is 6.21. The highest BCUT2D eigenvalue weighted by molar-refractivity contribution is 6.31. The molecule has 2 aliphatic rings. The molecule has 0 N–H and O–H groups in total. The highest BCUT2D eigenvalue weighted by atomic mass is 35.5. The quantitative estimate of drug-likeness (QED) is 0.799. The smallest absolute Gasteiger partial charge is 0.223 e. The molecule has 0 radical (unpaired) electrons. The number of carbonyl (C=O) groups excluding carboxylic acids is 1. The maximum atomic E-state index is 12.8. The van der Waals surface area contributed by atoms with Gasteiger partial charge in [-0.05, 0) is 48.6 Å². The lowest BCUT2D eigenvalue weighted by molar-refractivity contribution is -0.132. The molecule has 26 heavy (non-hydrogen) atoms. The van der Waals surface area contributed by atoms with Crippen LogP contribution in [0.3, 0.4) is 0 Å². The van der Waals surface area contributed by atoms with Crippen LogP contribution in [0.2, 0.25) is 5.02 Å². The third-order valence-electron chi connectivity index (χ3n) is 5.09. The van der Waals surface area contributed by atoms with Crippen LogP contribution >= 0.6 is 11.6 Å². The van der Waals surface area contributed by atoms with Crippen molar-refractivity contribution in [3.8, 4) is 11.5 Å². The Bertz CT molecular complexity index is 808. The van der Waals surface area contributed by atoms with Gasteiger partial charge < -0.3 is 14.4 Å². The predicted octanol–water partition coefficient (Wildman–Crippen LogP) is 4.41. The number of fused-ring (bicyclic) bond motifs is 1. The zero-order valence-electron chi connectivity index (χ0n) is 14.6. The summed E-state index contributed by atoms with van der Waals surface area (Å²) < 4.78 is 11.3. The highest BCUT2D eigenvalue weighted by Gasteiger charge is 2.30. The number of benzene rings is 2. The van der Waals surface area contributed by atoms with Crippen LogP contribution in [0, 0.1) is 0 Å². The number of aryl methyl sites for hydroxylation is 1. The Morgan fingerprint density at radius 3 is 2.77 bits per heavy atom. The Morgan fingerprint density at radius 1 is 1.12 bits per heavy atom. The summed E-state index contributed by atoms with van der Waals surface area (Å²) in [7, 11) is 0. The molecule has 5 heteroatoms. The van der Waals surface area contributed by atoms with Gasteiger partial charge in [0.2, 0.25) is 5.91 Å². The minimum absolute atomic E-state index is 0.115. The first-order chi connectivity index (χ1) is 12.7. The minimum Gasteiger partial charge on any atom is -0.486 e. The molecular formula is C21H22ClNO3. The fourth-order valence-electron chi connectivity index (χ4n) is 3.77. The molecular weight excluding hydrogens is 350 g/mol. The van der Waals surface area contributed by atoms with Crippen molar-refractivity contribution in [2.75, 3.05) is 19.8 Å². The molecule has 2 aromatic rings. The lowest BCUT2D eigenvalue weighted by atomic mass is 10.0. The number of halogens is 1. The van der Waals surface area contributed by atoms with Crippen molar-refractivity contribution in [1.82, 2.24) is 4.90 Å². The SMILES string of the molecule is O=C(CCc1ccccc1Cl)N1CCC[C@H]1c1ccc2c(c1)OCCO2. The van der Waals surface area contributed by atoms with E-state index >= 15 is 0 Å². The summed E-state index contributed by atoms with van der Waals surface area (Å²) in [4.78, 5) is 14.8. The Kier molecular flexibility index (Phi) is 5.02. The zero-order chi connectivity index (χ0) is 17.9. The van der Waals surface area contributed by atoms with Crippen LogP contribution in [0.15, 0.2) is 42.5 Å². The fraction of sp³-hybridized carbons (Fsp3) is 0.381. The number of ether oxygens (including phenoxy) is 2. The molecule has 136 valence electrons. The molecule has 0 aromatic heterocycles. The number of hydrogen-bond donors (Lipinski definition) is 0. The van der Waals surface area contributed by atoms with Gasteiger partial charge in [-0.1, -0.05) is 35.9 Å². The summed E-state index contributed by atoms with van der Waals surface area (Å²) in [6.45, 7) is 1.96. The van der Waals surface area contributed by atoms with E-state index in [4.69, 9.17) is 21.1 Å². The van der Waals surface area contributed by atoms with E-state index in [-0.39, 0.29) is 11.9 Å². The van der Waals surface area contributed by atoms with Crippen molar-refractivity contribution in [1.29, 1.82) is 0 Å². The van der Waals surface area contributed by atoms with Crippen LogP contribution in [-0.2, 0) is 11.2 Å². The second-order valence-electron chi connectivity index (χ2n) is 6.74. The van der Waals surface area contributed by atoms with Gasteiger partial charge in [0.15, 0.2) is 11.5 Å². The second kappa shape index (κ2) is 7.58. The zero-order valence-corrected chi connectivity index (χ0v) is 15.4. The topological polar surface area (TPSA) is 38.8 Å². The van der Waals surface area contributed by atoms with Crippen molar-refractivity contribution in [2.45, 2.75) is 31.7 Å². The van der Waals surface area contributed by atoms with E-state index in [9.17, 15) is 4.79 Å².